The Kier molecular flexibility index (Phi) is 4.87. The van der Waals surface area contributed by atoms with E-state index < -0.39 is 0 Å². The van der Waals surface area contributed by atoms with Gasteiger partial charge in [0.1, 0.15) is 18.1 Å². The highest BCUT2D eigenvalue weighted by molar-refractivity contribution is 5.73. The van der Waals surface area contributed by atoms with Crippen LogP contribution in [0, 0.1) is 6.92 Å². The molecule has 0 saturated heterocycles. The quantitative estimate of drug-likeness (QED) is 0.727. The predicted molar refractivity (Wildman–Crippen MR) is 76.1 cm³/mol. The third kappa shape index (κ3) is 3.44. The van der Waals surface area contributed by atoms with Crippen LogP contribution in [0.15, 0.2) is 24.3 Å². The maximum absolute atomic E-state index is 10.9. The van der Waals surface area contributed by atoms with Crippen LogP contribution in [0.4, 0.5) is 0 Å². The zero-order valence-corrected chi connectivity index (χ0v) is 11.9. The minimum absolute atomic E-state index is 0.433. The summed E-state index contributed by atoms with van der Waals surface area (Å²) in [5.74, 6) is 0.836. The number of rotatable bonds is 7. The van der Waals surface area contributed by atoms with Crippen molar-refractivity contribution >= 4 is 6.29 Å². The molecule has 20 heavy (non-hydrogen) atoms. The second-order valence-corrected chi connectivity index (χ2v) is 4.67. The first-order chi connectivity index (χ1) is 9.74. The van der Waals surface area contributed by atoms with Gasteiger partial charge < -0.3 is 4.74 Å². The van der Waals surface area contributed by atoms with E-state index in [4.69, 9.17) is 4.74 Å². The average Bonchev–Trinajstić information content (AvgIpc) is 2.84. The van der Waals surface area contributed by atoms with Gasteiger partial charge in [0.2, 0.25) is 0 Å². The molecule has 0 aliphatic carbocycles. The fourth-order valence-corrected chi connectivity index (χ4v) is 2.00. The molecule has 2 aromatic rings. The van der Waals surface area contributed by atoms with Crippen molar-refractivity contribution in [2.24, 2.45) is 0 Å². The molecule has 5 heteroatoms. The summed E-state index contributed by atoms with van der Waals surface area (Å²) in [6.45, 7) is 5.19. The third-order valence-corrected chi connectivity index (χ3v) is 3.06. The van der Waals surface area contributed by atoms with Gasteiger partial charge in [-0.1, -0.05) is 36.3 Å². The first kappa shape index (κ1) is 14.2. The van der Waals surface area contributed by atoms with Crippen molar-refractivity contribution in [1.29, 1.82) is 0 Å². The Hall–Kier alpha value is -2.17. The maximum atomic E-state index is 10.9. The van der Waals surface area contributed by atoms with Crippen LogP contribution in [0.2, 0.25) is 0 Å². The number of aryl methyl sites for hydroxylation is 1. The predicted octanol–water partition coefficient (Wildman–Crippen LogP) is 2.43. The highest BCUT2D eigenvalue weighted by Crippen LogP contribution is 2.12. The van der Waals surface area contributed by atoms with Gasteiger partial charge in [0.25, 0.3) is 0 Å². The normalized spacial score (nSPS) is 10.5. The largest absolute Gasteiger partial charge is 0.492 e. The van der Waals surface area contributed by atoms with Gasteiger partial charge in [0.15, 0.2) is 6.29 Å². The highest BCUT2D eigenvalue weighted by atomic mass is 16.5. The number of benzene rings is 1. The number of nitrogens with zero attached hydrogens (tertiary/aromatic N) is 3. The molecule has 0 atom stereocenters. The number of carbonyl (C=O) groups is 1. The van der Waals surface area contributed by atoms with Gasteiger partial charge in [-0.25, -0.2) is 4.68 Å². The molecule has 106 valence electrons. The summed E-state index contributed by atoms with van der Waals surface area (Å²) >= 11 is 0. The third-order valence-electron chi connectivity index (χ3n) is 3.06. The van der Waals surface area contributed by atoms with Crippen molar-refractivity contribution in [1.82, 2.24) is 15.0 Å². The van der Waals surface area contributed by atoms with Gasteiger partial charge in [-0.15, -0.1) is 5.10 Å². The van der Waals surface area contributed by atoms with E-state index in [1.165, 1.54) is 5.56 Å². The van der Waals surface area contributed by atoms with Crippen LogP contribution in [0.25, 0.3) is 0 Å². The van der Waals surface area contributed by atoms with Crippen molar-refractivity contribution in [3.63, 3.8) is 0 Å². The lowest BCUT2D eigenvalue weighted by Crippen LogP contribution is -2.12. The van der Waals surface area contributed by atoms with E-state index in [0.717, 1.165) is 30.6 Å². The van der Waals surface area contributed by atoms with E-state index in [1.807, 2.05) is 31.2 Å². The number of aldehydes is 1. The molecule has 0 N–H and O–H groups in total. The summed E-state index contributed by atoms with van der Waals surface area (Å²) < 4.78 is 7.42. The Labute approximate surface area is 118 Å². The van der Waals surface area contributed by atoms with Crippen molar-refractivity contribution < 1.29 is 9.53 Å². The summed E-state index contributed by atoms with van der Waals surface area (Å²) in [5, 5.41) is 7.89. The zero-order chi connectivity index (χ0) is 14.4. The van der Waals surface area contributed by atoms with E-state index in [9.17, 15) is 4.79 Å². The van der Waals surface area contributed by atoms with Crippen LogP contribution in [-0.2, 0) is 13.0 Å². The van der Waals surface area contributed by atoms with Crippen molar-refractivity contribution in [3.05, 3.63) is 41.2 Å². The molecule has 2 rings (SSSR count). The Bertz CT molecular complexity index is 561. The Morgan fingerprint density at radius 2 is 2.05 bits per heavy atom. The Balaban J connectivity index is 1.95. The van der Waals surface area contributed by atoms with Gasteiger partial charge >= 0.3 is 0 Å². The standard InChI is InChI=1S/C15H19N3O2/c1-3-4-15-14(11-19)16-17-18(15)9-10-20-13-7-5-12(2)6-8-13/h5-8,11H,3-4,9-10H2,1-2H3. The van der Waals surface area contributed by atoms with Gasteiger partial charge in [-0.3, -0.25) is 4.79 Å². The van der Waals surface area contributed by atoms with E-state index in [1.54, 1.807) is 4.68 Å². The summed E-state index contributed by atoms with van der Waals surface area (Å²) in [6.07, 6.45) is 2.51. The molecule has 0 aliphatic heterocycles. The number of carbonyl (C=O) groups excluding carboxylic acids is 1. The van der Waals surface area contributed by atoms with Crippen LogP contribution in [-0.4, -0.2) is 27.9 Å². The number of hydrogen-bond acceptors (Lipinski definition) is 4. The van der Waals surface area contributed by atoms with Crippen LogP contribution >= 0.6 is 0 Å². The van der Waals surface area contributed by atoms with Crippen molar-refractivity contribution in [3.8, 4) is 5.75 Å². The van der Waals surface area contributed by atoms with E-state index in [-0.39, 0.29) is 0 Å². The zero-order valence-electron chi connectivity index (χ0n) is 11.9. The molecule has 1 aromatic heterocycles. The first-order valence-electron chi connectivity index (χ1n) is 6.81. The van der Waals surface area contributed by atoms with Crippen molar-refractivity contribution in [2.45, 2.75) is 33.2 Å². The molecule has 0 unspecified atom stereocenters. The lowest BCUT2D eigenvalue weighted by atomic mass is 10.2. The molecule has 0 saturated carbocycles. The lowest BCUT2D eigenvalue weighted by Gasteiger charge is -2.08. The molecule has 1 aromatic carbocycles. The Morgan fingerprint density at radius 3 is 2.70 bits per heavy atom. The molecule has 0 fully saturated rings. The fourth-order valence-electron chi connectivity index (χ4n) is 2.00. The number of aromatic nitrogens is 3. The second-order valence-electron chi connectivity index (χ2n) is 4.67. The monoisotopic (exact) mass is 273 g/mol. The summed E-state index contributed by atoms with van der Waals surface area (Å²) in [7, 11) is 0. The number of hydrogen-bond donors (Lipinski definition) is 0. The summed E-state index contributed by atoms with van der Waals surface area (Å²) in [4.78, 5) is 10.9. The molecule has 0 amide bonds. The summed E-state index contributed by atoms with van der Waals surface area (Å²) in [5.41, 5.74) is 2.52. The Morgan fingerprint density at radius 1 is 1.30 bits per heavy atom. The van der Waals surface area contributed by atoms with Gasteiger partial charge in [0, 0.05) is 0 Å². The number of ether oxygens (including phenoxy) is 1. The SMILES string of the molecule is CCCc1c(C=O)nnn1CCOc1ccc(C)cc1. The van der Waals surface area contributed by atoms with E-state index in [2.05, 4.69) is 17.2 Å². The van der Waals surface area contributed by atoms with E-state index in [0.29, 0.717) is 18.8 Å². The minimum Gasteiger partial charge on any atom is -0.492 e. The van der Waals surface area contributed by atoms with Crippen LogP contribution in [0.3, 0.4) is 0 Å². The maximum Gasteiger partial charge on any atom is 0.172 e. The molecule has 0 aliphatic rings. The van der Waals surface area contributed by atoms with Gasteiger partial charge in [-0.2, -0.15) is 0 Å². The smallest absolute Gasteiger partial charge is 0.172 e. The molecule has 0 spiro atoms. The topological polar surface area (TPSA) is 57.0 Å². The van der Waals surface area contributed by atoms with Crippen LogP contribution in [0.5, 0.6) is 5.75 Å². The van der Waals surface area contributed by atoms with Crippen LogP contribution in [0.1, 0.15) is 35.1 Å². The van der Waals surface area contributed by atoms with Crippen molar-refractivity contribution in [2.75, 3.05) is 6.61 Å². The fraction of sp³-hybridized carbons (Fsp3) is 0.400. The summed E-state index contributed by atoms with van der Waals surface area (Å²) in [6, 6.07) is 7.91. The average molecular weight is 273 g/mol. The molecule has 0 radical (unpaired) electrons. The molecule has 0 bridgehead atoms. The molecule has 1 heterocycles. The van der Waals surface area contributed by atoms with Gasteiger partial charge in [-0.05, 0) is 25.5 Å². The minimum atomic E-state index is 0.433. The highest BCUT2D eigenvalue weighted by Gasteiger charge is 2.11. The second kappa shape index (κ2) is 6.84. The van der Waals surface area contributed by atoms with E-state index >= 15 is 0 Å². The lowest BCUT2D eigenvalue weighted by molar-refractivity contribution is 0.111. The molecular weight excluding hydrogens is 254 g/mol. The van der Waals surface area contributed by atoms with Crippen LogP contribution < -0.4 is 4.74 Å². The molecule has 5 nitrogen and oxygen atoms in total. The van der Waals surface area contributed by atoms with Gasteiger partial charge in [0.05, 0.1) is 12.2 Å². The molecular formula is C15H19N3O2. The first-order valence-corrected chi connectivity index (χ1v) is 6.81.